The van der Waals surface area contributed by atoms with E-state index in [0.717, 1.165) is 24.6 Å². The van der Waals surface area contributed by atoms with E-state index < -0.39 is 0 Å². The molecule has 4 nitrogen and oxygen atoms in total. The molecule has 2 N–H and O–H groups in total. The molecule has 0 aromatic heterocycles. The second-order valence-corrected chi connectivity index (χ2v) is 6.19. The number of hydrogen-bond acceptors (Lipinski definition) is 2. The first-order valence-electron chi connectivity index (χ1n) is 8.61. The molecule has 1 aromatic rings. The summed E-state index contributed by atoms with van der Waals surface area (Å²) in [4.78, 5) is 6.74. The van der Waals surface area contributed by atoms with E-state index in [0.29, 0.717) is 12.1 Å². The van der Waals surface area contributed by atoms with E-state index in [2.05, 4.69) is 20.5 Å². The van der Waals surface area contributed by atoms with Gasteiger partial charge >= 0.3 is 0 Å². The number of benzene rings is 1. The highest BCUT2D eigenvalue weighted by molar-refractivity contribution is 14.0. The van der Waals surface area contributed by atoms with Crippen LogP contribution >= 0.6 is 24.0 Å². The van der Waals surface area contributed by atoms with E-state index >= 15 is 0 Å². The van der Waals surface area contributed by atoms with Gasteiger partial charge in [0.1, 0.15) is 5.82 Å². The highest BCUT2D eigenvalue weighted by Gasteiger charge is 2.08. The minimum absolute atomic E-state index is 0. The Morgan fingerprint density at radius 3 is 2.50 bits per heavy atom. The van der Waals surface area contributed by atoms with E-state index in [4.69, 9.17) is 0 Å². The summed E-state index contributed by atoms with van der Waals surface area (Å²) in [6.07, 6.45) is 5.35. The Morgan fingerprint density at radius 2 is 1.88 bits per heavy atom. The van der Waals surface area contributed by atoms with Crippen LogP contribution in [0.2, 0.25) is 0 Å². The third-order valence-corrected chi connectivity index (χ3v) is 4.34. The minimum atomic E-state index is -0.159. The molecule has 1 heterocycles. The lowest BCUT2D eigenvalue weighted by atomic mass is 10.1. The predicted octanol–water partition coefficient (Wildman–Crippen LogP) is 3.29. The Bertz CT molecular complexity index is 514. The van der Waals surface area contributed by atoms with Crippen LogP contribution in [0.1, 0.15) is 36.8 Å². The van der Waals surface area contributed by atoms with E-state index in [-0.39, 0.29) is 29.8 Å². The van der Waals surface area contributed by atoms with Crippen LogP contribution in [0, 0.1) is 12.7 Å². The van der Waals surface area contributed by atoms with Gasteiger partial charge in [0.25, 0.3) is 0 Å². The van der Waals surface area contributed by atoms with Crippen molar-refractivity contribution in [1.82, 2.24) is 15.5 Å². The van der Waals surface area contributed by atoms with Gasteiger partial charge in [-0.1, -0.05) is 25.0 Å². The number of hydrogen-bond donors (Lipinski definition) is 2. The van der Waals surface area contributed by atoms with Crippen molar-refractivity contribution in [3.8, 4) is 0 Å². The summed E-state index contributed by atoms with van der Waals surface area (Å²) in [5.41, 5.74) is 1.59. The minimum Gasteiger partial charge on any atom is -0.355 e. The molecular formula is C18H30FIN4. The summed E-state index contributed by atoms with van der Waals surface area (Å²) in [6, 6.07) is 5.32. The number of halogens is 2. The van der Waals surface area contributed by atoms with E-state index in [1.165, 1.54) is 38.8 Å². The largest absolute Gasteiger partial charge is 0.355 e. The smallest absolute Gasteiger partial charge is 0.191 e. The first kappa shape index (κ1) is 21.2. The molecule has 0 radical (unpaired) electrons. The van der Waals surface area contributed by atoms with Crippen LogP contribution in [-0.2, 0) is 6.54 Å². The average Bonchev–Trinajstić information content (AvgIpc) is 2.82. The Kier molecular flexibility index (Phi) is 10.2. The van der Waals surface area contributed by atoms with Gasteiger partial charge in [0.05, 0.1) is 0 Å². The Labute approximate surface area is 162 Å². The van der Waals surface area contributed by atoms with Gasteiger partial charge in [0, 0.05) is 26.7 Å². The van der Waals surface area contributed by atoms with Crippen molar-refractivity contribution >= 4 is 29.9 Å². The number of aliphatic imine (C=N–C) groups is 1. The summed E-state index contributed by atoms with van der Waals surface area (Å²) in [7, 11) is 1.76. The fraction of sp³-hybridized carbons (Fsp3) is 0.611. The van der Waals surface area contributed by atoms with Crippen LogP contribution in [-0.4, -0.2) is 44.1 Å². The third kappa shape index (κ3) is 7.34. The molecule has 24 heavy (non-hydrogen) atoms. The Morgan fingerprint density at radius 1 is 1.17 bits per heavy atom. The highest BCUT2D eigenvalue weighted by atomic mass is 127. The molecule has 0 saturated carbocycles. The molecule has 1 aromatic carbocycles. The molecule has 2 rings (SSSR count). The van der Waals surface area contributed by atoms with Gasteiger partial charge in [0.2, 0.25) is 0 Å². The van der Waals surface area contributed by atoms with Gasteiger partial charge in [-0.2, -0.15) is 0 Å². The van der Waals surface area contributed by atoms with Crippen molar-refractivity contribution < 1.29 is 4.39 Å². The molecule has 0 atom stereocenters. The first-order valence-corrected chi connectivity index (χ1v) is 8.61. The topological polar surface area (TPSA) is 39.7 Å². The molecule has 136 valence electrons. The van der Waals surface area contributed by atoms with E-state index in [1.807, 2.05) is 12.1 Å². The molecule has 1 aliphatic heterocycles. The fourth-order valence-electron chi connectivity index (χ4n) is 2.84. The lowest BCUT2D eigenvalue weighted by Gasteiger charge is -2.20. The van der Waals surface area contributed by atoms with Crippen LogP contribution < -0.4 is 10.6 Å². The van der Waals surface area contributed by atoms with E-state index in [1.54, 1.807) is 20.0 Å². The van der Waals surface area contributed by atoms with Crippen molar-refractivity contribution in [1.29, 1.82) is 0 Å². The quantitative estimate of drug-likeness (QED) is 0.413. The monoisotopic (exact) mass is 448 g/mol. The molecule has 0 bridgehead atoms. The summed E-state index contributed by atoms with van der Waals surface area (Å²) < 4.78 is 13.5. The Hall–Kier alpha value is -0.890. The number of aryl methyl sites for hydroxylation is 1. The summed E-state index contributed by atoms with van der Waals surface area (Å²) in [5.74, 6) is 0.606. The maximum atomic E-state index is 13.5. The van der Waals surface area contributed by atoms with Gasteiger partial charge in [0.15, 0.2) is 5.96 Å². The molecule has 0 spiro atoms. The number of guanidine groups is 1. The molecule has 1 aliphatic rings. The van der Waals surface area contributed by atoms with Crippen molar-refractivity contribution in [2.45, 2.75) is 39.2 Å². The second kappa shape index (κ2) is 11.6. The van der Waals surface area contributed by atoms with Crippen LogP contribution in [0.4, 0.5) is 4.39 Å². The van der Waals surface area contributed by atoms with Gasteiger partial charge < -0.3 is 15.5 Å². The maximum Gasteiger partial charge on any atom is 0.191 e. The zero-order valence-corrected chi connectivity index (χ0v) is 17.1. The number of rotatable bonds is 5. The van der Waals surface area contributed by atoms with Gasteiger partial charge in [-0.3, -0.25) is 4.99 Å². The van der Waals surface area contributed by atoms with Crippen LogP contribution in [0.15, 0.2) is 23.2 Å². The van der Waals surface area contributed by atoms with Gasteiger partial charge in [-0.15, -0.1) is 24.0 Å². The molecule has 1 fully saturated rings. The summed E-state index contributed by atoms with van der Waals surface area (Å²) in [6.45, 7) is 6.67. The molecule has 0 aliphatic carbocycles. The van der Waals surface area contributed by atoms with Gasteiger partial charge in [-0.25, -0.2) is 4.39 Å². The van der Waals surface area contributed by atoms with Crippen molar-refractivity contribution in [3.05, 3.63) is 35.1 Å². The van der Waals surface area contributed by atoms with Crippen LogP contribution in [0.3, 0.4) is 0 Å². The average molecular weight is 448 g/mol. The lowest BCUT2D eigenvalue weighted by molar-refractivity contribution is 0.289. The van der Waals surface area contributed by atoms with Crippen molar-refractivity contribution in [2.75, 3.05) is 33.2 Å². The molecule has 0 amide bonds. The standard InChI is InChI=1S/C18H29FN4.HI/c1-15-7-8-16(13-17(15)19)14-22-18(20-2)21-9-12-23-10-5-3-4-6-11-23;/h7-8,13H,3-6,9-12,14H2,1-2H3,(H2,20,21,22);1H. The molecule has 1 saturated heterocycles. The molecule has 6 heteroatoms. The van der Waals surface area contributed by atoms with Gasteiger partial charge in [-0.05, 0) is 50.0 Å². The SMILES string of the molecule is CN=C(NCCN1CCCCCC1)NCc1ccc(C)c(F)c1.I. The first-order chi connectivity index (χ1) is 11.2. The number of nitrogens with zero attached hydrogens (tertiary/aromatic N) is 2. The van der Waals surface area contributed by atoms with Crippen molar-refractivity contribution in [3.63, 3.8) is 0 Å². The number of likely N-dealkylation sites (tertiary alicyclic amines) is 1. The Balaban J connectivity index is 0.00000288. The van der Waals surface area contributed by atoms with Crippen LogP contribution in [0.5, 0.6) is 0 Å². The predicted molar refractivity (Wildman–Crippen MR) is 110 cm³/mol. The normalized spacial score (nSPS) is 16.2. The highest BCUT2D eigenvalue weighted by Crippen LogP contribution is 2.09. The van der Waals surface area contributed by atoms with Crippen molar-refractivity contribution in [2.24, 2.45) is 4.99 Å². The summed E-state index contributed by atoms with van der Waals surface area (Å²) >= 11 is 0. The third-order valence-electron chi connectivity index (χ3n) is 4.34. The zero-order chi connectivity index (χ0) is 16.5. The lowest BCUT2D eigenvalue weighted by Crippen LogP contribution is -2.41. The second-order valence-electron chi connectivity index (χ2n) is 6.19. The van der Waals surface area contributed by atoms with E-state index in [9.17, 15) is 4.39 Å². The molecule has 0 unspecified atom stereocenters. The fourth-order valence-corrected chi connectivity index (χ4v) is 2.84. The van der Waals surface area contributed by atoms with Crippen LogP contribution in [0.25, 0.3) is 0 Å². The molecular weight excluding hydrogens is 418 g/mol. The maximum absolute atomic E-state index is 13.5. The number of nitrogens with one attached hydrogen (secondary N) is 2. The summed E-state index contributed by atoms with van der Waals surface area (Å²) in [5, 5.41) is 6.57. The zero-order valence-electron chi connectivity index (χ0n) is 14.8.